The lowest BCUT2D eigenvalue weighted by Crippen LogP contribution is -2.38. The van der Waals surface area contributed by atoms with E-state index in [9.17, 15) is 9.59 Å². The summed E-state index contributed by atoms with van der Waals surface area (Å²) in [6.07, 6.45) is 0. The molecule has 0 heterocycles. The summed E-state index contributed by atoms with van der Waals surface area (Å²) in [6.45, 7) is 7.31. The highest BCUT2D eigenvalue weighted by molar-refractivity contribution is 5.83. The Morgan fingerprint density at radius 1 is 1.38 bits per heavy atom. The zero-order chi connectivity index (χ0) is 10.6. The van der Waals surface area contributed by atoms with E-state index in [2.05, 4.69) is 5.32 Å². The molecular weight excluding hydrogens is 170 g/mol. The molecule has 0 spiro atoms. The van der Waals surface area contributed by atoms with Gasteiger partial charge in [-0.1, -0.05) is 27.7 Å². The van der Waals surface area contributed by atoms with E-state index in [4.69, 9.17) is 5.11 Å². The molecule has 0 bridgehead atoms. The Labute approximate surface area is 78.3 Å². The summed E-state index contributed by atoms with van der Waals surface area (Å²) >= 11 is 0. The molecule has 0 aromatic carbocycles. The second kappa shape index (κ2) is 4.25. The van der Waals surface area contributed by atoms with Gasteiger partial charge in [0.25, 0.3) is 0 Å². The lowest BCUT2D eigenvalue weighted by atomic mass is 9.81. The number of aliphatic carboxylic acids is 1. The number of hydrogen-bond donors (Lipinski definition) is 2. The van der Waals surface area contributed by atoms with Crippen LogP contribution >= 0.6 is 0 Å². The highest BCUT2D eigenvalue weighted by Crippen LogP contribution is 2.24. The predicted octanol–water partition coefficient (Wildman–Crippen LogP) is 0.869. The molecule has 4 heteroatoms. The number of rotatable bonds is 3. The van der Waals surface area contributed by atoms with Gasteiger partial charge in [-0.15, -0.1) is 0 Å². The molecule has 0 aromatic rings. The van der Waals surface area contributed by atoms with Gasteiger partial charge in [0.05, 0.1) is 0 Å². The van der Waals surface area contributed by atoms with Crippen molar-refractivity contribution in [3.05, 3.63) is 0 Å². The normalized spacial score (nSPS) is 13.5. The zero-order valence-electron chi connectivity index (χ0n) is 8.55. The minimum absolute atomic E-state index is 0.136. The van der Waals surface area contributed by atoms with Crippen LogP contribution in [0.3, 0.4) is 0 Å². The van der Waals surface area contributed by atoms with Gasteiger partial charge >= 0.3 is 5.97 Å². The summed E-state index contributed by atoms with van der Waals surface area (Å²) < 4.78 is 0. The maximum absolute atomic E-state index is 11.3. The van der Waals surface area contributed by atoms with Gasteiger partial charge in [0.2, 0.25) is 5.91 Å². The number of carbonyl (C=O) groups excluding carboxylic acids is 1. The van der Waals surface area contributed by atoms with E-state index in [1.807, 2.05) is 20.8 Å². The minimum atomic E-state index is -1.02. The van der Waals surface area contributed by atoms with E-state index in [0.717, 1.165) is 0 Å². The number of nitrogens with one attached hydrogen (secondary N) is 1. The predicted molar refractivity (Wildman–Crippen MR) is 49.3 cm³/mol. The van der Waals surface area contributed by atoms with E-state index < -0.39 is 5.97 Å². The van der Waals surface area contributed by atoms with Crippen LogP contribution in [0.1, 0.15) is 27.7 Å². The molecule has 0 saturated carbocycles. The van der Waals surface area contributed by atoms with Crippen molar-refractivity contribution < 1.29 is 14.7 Å². The van der Waals surface area contributed by atoms with Crippen LogP contribution in [0.4, 0.5) is 0 Å². The van der Waals surface area contributed by atoms with Crippen LogP contribution < -0.4 is 5.32 Å². The fraction of sp³-hybridized carbons (Fsp3) is 0.778. The summed E-state index contributed by atoms with van der Waals surface area (Å²) in [5.41, 5.74) is -0.136. The summed E-state index contributed by atoms with van der Waals surface area (Å²) in [7, 11) is 0. The second-order valence-corrected chi connectivity index (χ2v) is 4.20. The van der Waals surface area contributed by atoms with Crippen molar-refractivity contribution in [3.63, 3.8) is 0 Å². The monoisotopic (exact) mass is 187 g/mol. The first-order valence-electron chi connectivity index (χ1n) is 4.24. The lowest BCUT2D eigenvalue weighted by Gasteiger charge is -2.25. The van der Waals surface area contributed by atoms with Gasteiger partial charge in [-0.2, -0.15) is 0 Å². The van der Waals surface area contributed by atoms with Gasteiger partial charge < -0.3 is 10.4 Å². The van der Waals surface area contributed by atoms with E-state index in [1.54, 1.807) is 6.92 Å². The summed E-state index contributed by atoms with van der Waals surface area (Å²) in [5.74, 6) is -1.42. The van der Waals surface area contributed by atoms with Gasteiger partial charge in [-0.25, -0.2) is 0 Å². The van der Waals surface area contributed by atoms with Gasteiger partial charge in [-0.05, 0) is 5.41 Å². The molecule has 0 radical (unpaired) electrons. The molecular formula is C9H17NO3. The Morgan fingerprint density at radius 3 is 2.15 bits per heavy atom. The number of carbonyl (C=O) groups is 2. The standard InChI is InChI=1S/C9H17NO3/c1-6(9(2,3)4)8(13)10-5-7(11)12/h6H,5H2,1-4H3,(H,10,13)(H,11,12). The highest BCUT2D eigenvalue weighted by Gasteiger charge is 2.26. The van der Waals surface area contributed by atoms with Crippen LogP contribution in [0.2, 0.25) is 0 Å². The molecule has 0 aromatic heterocycles. The average Bonchev–Trinajstić information content (AvgIpc) is 1.96. The third-order valence-corrected chi connectivity index (χ3v) is 2.11. The zero-order valence-corrected chi connectivity index (χ0v) is 8.55. The molecule has 1 unspecified atom stereocenters. The average molecular weight is 187 g/mol. The van der Waals surface area contributed by atoms with Gasteiger partial charge in [0, 0.05) is 5.92 Å². The third kappa shape index (κ3) is 4.50. The summed E-state index contributed by atoms with van der Waals surface area (Å²) in [4.78, 5) is 21.5. The molecule has 1 amide bonds. The van der Waals surface area contributed by atoms with Crippen molar-refractivity contribution in [1.29, 1.82) is 0 Å². The van der Waals surface area contributed by atoms with Gasteiger partial charge in [0.15, 0.2) is 0 Å². The van der Waals surface area contributed by atoms with Crippen molar-refractivity contribution in [2.24, 2.45) is 11.3 Å². The van der Waals surface area contributed by atoms with Crippen LogP contribution in [0.15, 0.2) is 0 Å². The lowest BCUT2D eigenvalue weighted by molar-refractivity contribution is -0.139. The van der Waals surface area contributed by atoms with Crippen LogP contribution in [0, 0.1) is 11.3 Å². The molecule has 1 atom stereocenters. The Bertz CT molecular complexity index is 205. The first-order valence-corrected chi connectivity index (χ1v) is 4.24. The molecule has 0 fully saturated rings. The minimum Gasteiger partial charge on any atom is -0.480 e. The van der Waals surface area contributed by atoms with Crippen LogP contribution in [-0.2, 0) is 9.59 Å². The molecule has 2 N–H and O–H groups in total. The van der Waals surface area contributed by atoms with Crippen molar-refractivity contribution in [2.75, 3.05) is 6.54 Å². The van der Waals surface area contributed by atoms with E-state index >= 15 is 0 Å². The van der Waals surface area contributed by atoms with E-state index in [-0.39, 0.29) is 23.8 Å². The fourth-order valence-corrected chi connectivity index (χ4v) is 0.709. The number of amides is 1. The largest absolute Gasteiger partial charge is 0.480 e. The topological polar surface area (TPSA) is 66.4 Å². The SMILES string of the molecule is CC(C(=O)NCC(=O)O)C(C)(C)C. The number of carboxylic acids is 1. The molecule has 4 nitrogen and oxygen atoms in total. The Morgan fingerprint density at radius 2 is 1.85 bits per heavy atom. The molecule has 0 saturated heterocycles. The first kappa shape index (κ1) is 11.9. The molecule has 0 rings (SSSR count). The highest BCUT2D eigenvalue weighted by atomic mass is 16.4. The molecule has 0 aliphatic rings. The van der Waals surface area contributed by atoms with E-state index in [1.165, 1.54) is 0 Å². The van der Waals surface area contributed by atoms with Crippen molar-refractivity contribution in [1.82, 2.24) is 5.32 Å². The third-order valence-electron chi connectivity index (χ3n) is 2.11. The van der Waals surface area contributed by atoms with Gasteiger partial charge in [-0.3, -0.25) is 9.59 Å². The van der Waals surface area contributed by atoms with Crippen LogP contribution in [-0.4, -0.2) is 23.5 Å². The molecule has 0 aliphatic carbocycles. The van der Waals surface area contributed by atoms with Crippen molar-refractivity contribution in [3.8, 4) is 0 Å². The Hall–Kier alpha value is -1.06. The number of carboxylic acid groups (broad SMARTS) is 1. The Kier molecular flexibility index (Phi) is 3.91. The van der Waals surface area contributed by atoms with Crippen LogP contribution in [0.5, 0.6) is 0 Å². The maximum Gasteiger partial charge on any atom is 0.322 e. The van der Waals surface area contributed by atoms with Gasteiger partial charge in [0.1, 0.15) is 6.54 Å². The fourth-order valence-electron chi connectivity index (χ4n) is 0.709. The molecule has 76 valence electrons. The summed E-state index contributed by atoms with van der Waals surface area (Å²) in [6, 6.07) is 0. The van der Waals surface area contributed by atoms with Crippen molar-refractivity contribution in [2.45, 2.75) is 27.7 Å². The van der Waals surface area contributed by atoms with Crippen LogP contribution in [0.25, 0.3) is 0 Å². The van der Waals surface area contributed by atoms with E-state index in [0.29, 0.717) is 0 Å². The quantitative estimate of drug-likeness (QED) is 0.689. The smallest absolute Gasteiger partial charge is 0.322 e. The molecule has 13 heavy (non-hydrogen) atoms. The molecule has 0 aliphatic heterocycles. The van der Waals surface area contributed by atoms with Crippen molar-refractivity contribution >= 4 is 11.9 Å². The number of hydrogen-bond acceptors (Lipinski definition) is 2. The maximum atomic E-state index is 11.3. The summed E-state index contributed by atoms with van der Waals surface area (Å²) in [5, 5.41) is 10.7. The first-order chi connectivity index (χ1) is 5.75. The second-order valence-electron chi connectivity index (χ2n) is 4.20. The Balaban J connectivity index is 4.05.